The Morgan fingerprint density at radius 3 is 1.08 bits per heavy atom. The first-order chi connectivity index (χ1) is 30.4. The van der Waals surface area contributed by atoms with Crippen molar-refractivity contribution in [3.05, 3.63) is 161 Å². The highest BCUT2D eigenvalue weighted by molar-refractivity contribution is 5.76. The van der Waals surface area contributed by atoms with Crippen molar-refractivity contribution in [3.8, 4) is 17.2 Å². The van der Waals surface area contributed by atoms with E-state index in [1.807, 2.05) is 42.5 Å². The minimum atomic E-state index is -0.413. The van der Waals surface area contributed by atoms with Crippen LogP contribution in [-0.4, -0.2) is 72.2 Å². The monoisotopic (exact) mass is 831 g/mol. The largest absolute Gasteiger partial charge is 0.415 e. The molecule has 0 atom stereocenters. The molecule has 0 bridgehead atoms. The summed E-state index contributed by atoms with van der Waals surface area (Å²) in [5.74, 6) is 2.68. The van der Waals surface area contributed by atoms with Crippen molar-refractivity contribution in [2.45, 2.75) is 57.8 Å². The van der Waals surface area contributed by atoms with E-state index in [-0.39, 0.29) is 6.09 Å². The first kappa shape index (κ1) is 42.3. The molecule has 0 spiro atoms. The molecule has 9 nitrogen and oxygen atoms in total. The van der Waals surface area contributed by atoms with Gasteiger partial charge in [-0.15, -0.1) is 0 Å². The molecule has 0 aromatic heterocycles. The number of hydrogen-bond donors (Lipinski definition) is 0. The number of piperidine rings is 3. The van der Waals surface area contributed by atoms with Crippen LogP contribution in [0.15, 0.2) is 133 Å². The molecule has 0 radical (unpaired) electrons. The van der Waals surface area contributed by atoms with Gasteiger partial charge < -0.3 is 28.9 Å². The van der Waals surface area contributed by atoms with Gasteiger partial charge >= 0.3 is 18.3 Å². The van der Waals surface area contributed by atoms with E-state index in [2.05, 4.69) is 72.8 Å². The van der Waals surface area contributed by atoms with E-state index in [1.165, 1.54) is 16.7 Å². The molecular formula is C53H57N3O6. The Balaban J connectivity index is 0.882. The summed E-state index contributed by atoms with van der Waals surface area (Å²) in [6.45, 7) is 3.85. The molecule has 8 rings (SSSR count). The summed E-state index contributed by atoms with van der Waals surface area (Å²) in [7, 11) is 0. The number of amides is 3. The molecule has 0 N–H and O–H groups in total. The summed E-state index contributed by atoms with van der Waals surface area (Å²) in [5.41, 5.74) is 5.55. The smallest absolute Gasteiger partial charge is 0.410 e. The third-order valence-electron chi connectivity index (χ3n) is 12.6. The maximum atomic E-state index is 13.5. The fourth-order valence-corrected chi connectivity index (χ4v) is 8.94. The first-order valence-corrected chi connectivity index (χ1v) is 22.3. The number of carbonyl (C=O) groups excluding carboxylic acids is 3. The Kier molecular flexibility index (Phi) is 14.3. The Morgan fingerprint density at radius 1 is 0.403 bits per heavy atom. The Morgan fingerprint density at radius 2 is 0.726 bits per heavy atom. The molecule has 3 aliphatic rings. The van der Waals surface area contributed by atoms with Gasteiger partial charge in [0.25, 0.3) is 0 Å². The van der Waals surface area contributed by atoms with Crippen LogP contribution in [0.2, 0.25) is 0 Å². The second kappa shape index (κ2) is 21.0. The zero-order chi connectivity index (χ0) is 42.5. The van der Waals surface area contributed by atoms with Gasteiger partial charge in [0.2, 0.25) is 0 Å². The summed E-state index contributed by atoms with van der Waals surface area (Å²) < 4.78 is 17.7. The lowest BCUT2D eigenvalue weighted by atomic mass is 9.90. The normalized spacial score (nSPS) is 16.6. The lowest BCUT2D eigenvalue weighted by Gasteiger charge is -2.31. The van der Waals surface area contributed by atoms with E-state index in [0.717, 1.165) is 63.4 Å². The van der Waals surface area contributed by atoms with E-state index in [4.69, 9.17) is 14.2 Å². The SMILES string of the molecule is O=C(Oc1ccc(/C=C/c2cc(OC(=O)N3CCC(Cc4ccccc4)CC3)cc(OC(=O)N3CCC(Cc4ccccc4)CC3)c2)cc1)N1CCC(Cc2ccccc2)CC1. The molecule has 5 aromatic rings. The van der Waals surface area contributed by atoms with Crippen molar-refractivity contribution in [1.82, 2.24) is 14.7 Å². The van der Waals surface area contributed by atoms with Crippen LogP contribution >= 0.6 is 0 Å². The van der Waals surface area contributed by atoms with E-state index < -0.39 is 12.2 Å². The molecule has 320 valence electrons. The standard InChI is InChI=1S/C53H57N3O6/c57-51(54-28-22-44(23-29-54)34-41-10-4-1-5-11-41)60-48-20-18-40(19-21-48)16-17-47-37-49(61-52(58)55-30-24-45(25-31-55)35-42-12-6-2-7-13-42)39-50(38-47)62-53(59)56-32-26-46(27-33-56)36-43-14-8-3-9-15-43/h1-21,37-39,44-46H,22-36H2/b17-16+. The maximum Gasteiger partial charge on any atom is 0.415 e. The van der Waals surface area contributed by atoms with E-state index in [0.29, 0.717) is 79.8 Å². The van der Waals surface area contributed by atoms with Crippen molar-refractivity contribution in [1.29, 1.82) is 0 Å². The van der Waals surface area contributed by atoms with Gasteiger partial charge in [0.15, 0.2) is 0 Å². The van der Waals surface area contributed by atoms with E-state index in [9.17, 15) is 14.4 Å². The number of ether oxygens (including phenoxy) is 3. The predicted octanol–water partition coefficient (Wildman–Crippen LogP) is 11.2. The molecule has 3 saturated heterocycles. The molecule has 0 saturated carbocycles. The summed E-state index contributed by atoms with van der Waals surface area (Å²) in [6, 6.07) is 44.0. The van der Waals surface area contributed by atoms with Crippen LogP contribution in [0.4, 0.5) is 14.4 Å². The number of nitrogens with zero attached hydrogens (tertiary/aromatic N) is 3. The van der Waals surface area contributed by atoms with Crippen LogP contribution in [0.3, 0.4) is 0 Å². The second-order valence-electron chi connectivity index (χ2n) is 17.1. The number of carbonyl (C=O) groups is 3. The van der Waals surface area contributed by atoms with Gasteiger partial charge in [0.05, 0.1) is 0 Å². The van der Waals surface area contributed by atoms with Gasteiger partial charge in [-0.25, -0.2) is 14.4 Å². The average Bonchev–Trinajstić information content (AvgIpc) is 3.30. The summed E-state index contributed by atoms with van der Waals surface area (Å²) >= 11 is 0. The van der Waals surface area contributed by atoms with Crippen LogP contribution in [0.25, 0.3) is 12.2 Å². The first-order valence-electron chi connectivity index (χ1n) is 22.3. The highest BCUT2D eigenvalue weighted by Gasteiger charge is 2.27. The molecule has 9 heteroatoms. The fourth-order valence-electron chi connectivity index (χ4n) is 8.94. The highest BCUT2D eigenvalue weighted by Crippen LogP contribution is 2.29. The molecule has 3 heterocycles. The maximum absolute atomic E-state index is 13.5. The van der Waals surface area contributed by atoms with Crippen LogP contribution in [0.1, 0.15) is 66.3 Å². The Hall–Kier alpha value is -6.35. The van der Waals surface area contributed by atoms with Crippen LogP contribution in [0.5, 0.6) is 17.2 Å². The number of likely N-dealkylation sites (tertiary alicyclic amines) is 3. The van der Waals surface area contributed by atoms with Crippen LogP contribution < -0.4 is 14.2 Å². The van der Waals surface area contributed by atoms with Gasteiger partial charge in [-0.05, 0) is 128 Å². The van der Waals surface area contributed by atoms with Gasteiger partial charge in [0.1, 0.15) is 17.2 Å². The minimum Gasteiger partial charge on any atom is -0.410 e. The Labute approximate surface area is 365 Å². The molecule has 62 heavy (non-hydrogen) atoms. The third-order valence-corrected chi connectivity index (χ3v) is 12.6. The number of rotatable bonds is 11. The van der Waals surface area contributed by atoms with Gasteiger partial charge in [-0.2, -0.15) is 0 Å². The van der Waals surface area contributed by atoms with Gasteiger partial charge in [-0.3, -0.25) is 0 Å². The molecule has 3 fully saturated rings. The van der Waals surface area contributed by atoms with Gasteiger partial charge in [-0.1, -0.05) is 115 Å². The molecule has 0 unspecified atom stereocenters. The average molecular weight is 832 g/mol. The van der Waals surface area contributed by atoms with Crippen molar-refractivity contribution in [3.63, 3.8) is 0 Å². The summed E-state index contributed by atoms with van der Waals surface area (Å²) in [6.07, 6.45) is 11.2. The van der Waals surface area contributed by atoms with Crippen molar-refractivity contribution in [2.75, 3.05) is 39.3 Å². The second-order valence-corrected chi connectivity index (χ2v) is 17.1. The summed E-state index contributed by atoms with van der Waals surface area (Å²) in [5, 5.41) is 0. The Bertz CT molecular complexity index is 2150. The summed E-state index contributed by atoms with van der Waals surface area (Å²) in [4.78, 5) is 45.3. The highest BCUT2D eigenvalue weighted by atomic mass is 16.6. The zero-order valence-electron chi connectivity index (χ0n) is 35.5. The van der Waals surface area contributed by atoms with Crippen LogP contribution in [-0.2, 0) is 19.3 Å². The quantitative estimate of drug-likeness (QED) is 0.123. The van der Waals surface area contributed by atoms with Crippen molar-refractivity contribution in [2.24, 2.45) is 17.8 Å². The lowest BCUT2D eigenvalue weighted by Crippen LogP contribution is -2.40. The fraction of sp³-hybridized carbons (Fsp3) is 0.340. The predicted molar refractivity (Wildman–Crippen MR) is 243 cm³/mol. The topological polar surface area (TPSA) is 88.6 Å². The lowest BCUT2D eigenvalue weighted by molar-refractivity contribution is 0.128. The molecular weight excluding hydrogens is 775 g/mol. The van der Waals surface area contributed by atoms with Crippen molar-refractivity contribution < 1.29 is 28.6 Å². The van der Waals surface area contributed by atoms with E-state index in [1.54, 1.807) is 45.0 Å². The van der Waals surface area contributed by atoms with E-state index >= 15 is 0 Å². The minimum absolute atomic E-state index is 0.305. The number of hydrogen-bond acceptors (Lipinski definition) is 6. The third kappa shape index (κ3) is 12.1. The number of benzene rings is 5. The molecule has 0 aliphatic carbocycles. The van der Waals surface area contributed by atoms with Gasteiger partial charge in [0, 0.05) is 45.3 Å². The molecule has 3 amide bonds. The van der Waals surface area contributed by atoms with Crippen LogP contribution in [0, 0.1) is 17.8 Å². The zero-order valence-corrected chi connectivity index (χ0v) is 35.5. The van der Waals surface area contributed by atoms with Crippen molar-refractivity contribution >= 4 is 30.4 Å². The molecule has 3 aliphatic heterocycles. The molecule has 5 aromatic carbocycles.